The summed E-state index contributed by atoms with van der Waals surface area (Å²) in [5.41, 5.74) is -0.0430. The minimum atomic E-state index is -3.95. The first-order chi connectivity index (χ1) is 18.9. The highest BCUT2D eigenvalue weighted by Gasteiger charge is 2.33. The fourth-order valence-electron chi connectivity index (χ4n) is 3.67. The third-order valence-electron chi connectivity index (χ3n) is 5.16. The number of hydrogen-bond donors (Lipinski definition) is 2. The molecule has 0 unspecified atom stereocenters. The average Bonchev–Trinajstić information content (AvgIpc) is 3.21. The highest BCUT2D eigenvalue weighted by atomic mass is 35.5. The molecule has 3 aromatic rings. The number of alkyl carbamates (subject to hydrolysis) is 1. The smallest absolute Gasteiger partial charge is 0.408 e. The predicted octanol–water partition coefficient (Wildman–Crippen LogP) is 5.65. The van der Waals surface area contributed by atoms with Gasteiger partial charge in [-0.1, -0.05) is 47.2 Å². The molecule has 0 radical (unpaired) electrons. The Morgan fingerprint density at radius 2 is 1.66 bits per heavy atom. The molecule has 9 nitrogen and oxygen atoms in total. The van der Waals surface area contributed by atoms with Crippen molar-refractivity contribution in [2.45, 2.75) is 57.6 Å². The molecule has 0 fully saturated rings. The van der Waals surface area contributed by atoms with Crippen molar-refractivity contribution in [2.24, 2.45) is 0 Å². The summed E-state index contributed by atoms with van der Waals surface area (Å²) < 4.78 is 32.7. The second-order valence-electron chi connectivity index (χ2n) is 11.2. The van der Waals surface area contributed by atoms with Crippen molar-refractivity contribution in [2.75, 3.05) is 12.8 Å². The molecule has 218 valence electrons. The molecule has 0 bridgehead atoms. The predicted molar refractivity (Wildman–Crippen MR) is 160 cm³/mol. The molecule has 3 rings (SSSR count). The Balaban J connectivity index is 2.10. The number of hydrogen-bond acceptors (Lipinski definition) is 6. The number of sulfone groups is 1. The zero-order valence-electron chi connectivity index (χ0n) is 23.8. The Hall–Kier alpha value is -3.52. The normalized spacial score (nSPS) is 11.8. The van der Waals surface area contributed by atoms with E-state index in [0.717, 1.165) is 6.26 Å². The average molecular weight is 620 g/mol. The van der Waals surface area contributed by atoms with E-state index in [2.05, 4.69) is 27.6 Å². The van der Waals surface area contributed by atoms with Crippen LogP contribution in [0.1, 0.15) is 57.6 Å². The van der Waals surface area contributed by atoms with Crippen LogP contribution in [0.4, 0.5) is 4.79 Å². The number of carbonyl (C=O) groups is 2. The summed E-state index contributed by atoms with van der Waals surface area (Å²) >= 11 is 12.7. The molecule has 12 heteroatoms. The lowest BCUT2D eigenvalue weighted by atomic mass is 10.1. The van der Waals surface area contributed by atoms with Crippen LogP contribution in [-0.2, 0) is 14.6 Å². The van der Waals surface area contributed by atoms with Crippen molar-refractivity contribution in [3.8, 4) is 28.8 Å². The van der Waals surface area contributed by atoms with Crippen molar-refractivity contribution in [1.29, 1.82) is 0 Å². The Morgan fingerprint density at radius 1 is 1.02 bits per heavy atom. The van der Waals surface area contributed by atoms with Gasteiger partial charge in [0.05, 0.1) is 22.9 Å². The van der Waals surface area contributed by atoms with Crippen LogP contribution in [0.5, 0.6) is 0 Å². The number of amides is 2. The van der Waals surface area contributed by atoms with E-state index in [0.29, 0.717) is 21.8 Å². The van der Waals surface area contributed by atoms with Crippen molar-refractivity contribution in [3.05, 3.63) is 63.8 Å². The van der Waals surface area contributed by atoms with E-state index in [4.69, 9.17) is 27.9 Å². The van der Waals surface area contributed by atoms with E-state index in [-0.39, 0.29) is 27.9 Å². The third kappa shape index (κ3) is 8.73. The number of nitrogens with one attached hydrogen (secondary N) is 2. The molecule has 2 N–H and O–H groups in total. The molecule has 2 aromatic carbocycles. The zero-order valence-corrected chi connectivity index (χ0v) is 26.2. The van der Waals surface area contributed by atoms with Gasteiger partial charge >= 0.3 is 6.09 Å². The summed E-state index contributed by atoms with van der Waals surface area (Å²) in [4.78, 5) is 24.8. The Bertz CT molecular complexity index is 1640. The molecule has 2 amide bonds. The monoisotopic (exact) mass is 618 g/mol. The summed E-state index contributed by atoms with van der Waals surface area (Å²) in [6.07, 6.45) is 0.439. The number of nitrogens with zero attached hydrogens (tertiary/aromatic N) is 2. The van der Waals surface area contributed by atoms with Crippen LogP contribution in [0.15, 0.2) is 47.4 Å². The van der Waals surface area contributed by atoms with Gasteiger partial charge in [-0.3, -0.25) is 4.79 Å². The number of ether oxygens (including phenoxy) is 1. The molecular weight excluding hydrogens is 587 g/mol. The van der Waals surface area contributed by atoms with Gasteiger partial charge in [0, 0.05) is 27.9 Å². The first kappa shape index (κ1) is 32.0. The largest absolute Gasteiger partial charge is 0.444 e. The van der Waals surface area contributed by atoms with Crippen LogP contribution >= 0.6 is 23.2 Å². The molecule has 41 heavy (non-hydrogen) atoms. The fraction of sp³-hybridized carbons (Fsp3) is 0.345. The van der Waals surface area contributed by atoms with E-state index >= 15 is 0 Å². The summed E-state index contributed by atoms with van der Waals surface area (Å²) in [5, 5.41) is 10.5. The lowest BCUT2D eigenvalue weighted by Gasteiger charge is -2.19. The van der Waals surface area contributed by atoms with Crippen molar-refractivity contribution in [1.82, 2.24) is 20.4 Å². The summed E-state index contributed by atoms with van der Waals surface area (Å²) in [7, 11) is -3.95. The molecule has 0 aliphatic carbocycles. The standard InChI is InChI=1S/C29H32Cl2N4O5S/c1-28(2,3)33-26(36)23-25(41(7,38)39)24(19-11-13-20(30)14-12-19)35(34-23)22-15-10-18(17-21(22)31)9-8-16-32-27(37)40-29(4,5)6/h10-15,17H,16H2,1-7H3,(H,32,37)(H,33,36). The number of halogens is 2. The minimum Gasteiger partial charge on any atom is -0.444 e. The molecule has 0 saturated carbocycles. The van der Waals surface area contributed by atoms with Crippen molar-refractivity contribution >= 4 is 45.0 Å². The van der Waals surface area contributed by atoms with Gasteiger partial charge in [0.15, 0.2) is 15.5 Å². The minimum absolute atomic E-state index is 0.0537. The first-order valence-electron chi connectivity index (χ1n) is 12.5. The summed E-state index contributed by atoms with van der Waals surface area (Å²) in [6, 6.07) is 11.4. The van der Waals surface area contributed by atoms with Gasteiger partial charge in [-0.15, -0.1) is 0 Å². The van der Waals surface area contributed by atoms with Crippen LogP contribution < -0.4 is 10.6 Å². The number of carbonyl (C=O) groups excluding carboxylic acids is 2. The number of benzene rings is 2. The van der Waals surface area contributed by atoms with E-state index in [1.54, 1.807) is 84.0 Å². The van der Waals surface area contributed by atoms with Gasteiger partial charge < -0.3 is 15.4 Å². The summed E-state index contributed by atoms with van der Waals surface area (Å²) in [6.45, 7) is 10.7. The molecular formula is C29H32Cl2N4O5S. The maximum atomic E-state index is 13.3. The van der Waals surface area contributed by atoms with E-state index < -0.39 is 33.0 Å². The van der Waals surface area contributed by atoms with Gasteiger partial charge in [0.25, 0.3) is 5.91 Å². The molecule has 0 atom stereocenters. The second kappa shape index (κ2) is 12.1. The van der Waals surface area contributed by atoms with E-state index in [9.17, 15) is 18.0 Å². The van der Waals surface area contributed by atoms with E-state index in [1.807, 2.05) is 0 Å². The first-order valence-corrected chi connectivity index (χ1v) is 15.2. The SMILES string of the molecule is CC(C)(C)NC(=O)c1nn(-c2ccc(C#CCNC(=O)OC(C)(C)C)cc2Cl)c(-c2ccc(Cl)cc2)c1S(C)(=O)=O. The van der Waals surface area contributed by atoms with Gasteiger partial charge in [-0.2, -0.15) is 5.10 Å². The molecule has 0 saturated heterocycles. The van der Waals surface area contributed by atoms with Gasteiger partial charge in [-0.25, -0.2) is 17.9 Å². The highest BCUT2D eigenvalue weighted by Crippen LogP contribution is 2.35. The Morgan fingerprint density at radius 3 is 2.20 bits per heavy atom. The number of rotatable bonds is 5. The van der Waals surface area contributed by atoms with Crippen LogP contribution in [0.3, 0.4) is 0 Å². The molecule has 0 aliphatic rings. The van der Waals surface area contributed by atoms with Gasteiger partial charge in [0.2, 0.25) is 0 Å². The van der Waals surface area contributed by atoms with Crippen LogP contribution in [-0.4, -0.2) is 54.1 Å². The molecule has 0 spiro atoms. The topological polar surface area (TPSA) is 119 Å². The van der Waals surface area contributed by atoms with Crippen LogP contribution in [0, 0.1) is 11.8 Å². The second-order valence-corrected chi connectivity index (χ2v) is 14.0. The molecule has 1 heterocycles. The zero-order chi connectivity index (χ0) is 30.8. The summed E-state index contributed by atoms with van der Waals surface area (Å²) in [5.74, 6) is 5.09. The van der Waals surface area contributed by atoms with Crippen molar-refractivity contribution < 1.29 is 22.7 Å². The maximum absolute atomic E-state index is 13.3. The maximum Gasteiger partial charge on any atom is 0.408 e. The highest BCUT2D eigenvalue weighted by molar-refractivity contribution is 7.91. The Labute approximate surface area is 250 Å². The van der Waals surface area contributed by atoms with Crippen LogP contribution in [0.2, 0.25) is 10.0 Å². The Kier molecular flexibility index (Phi) is 9.48. The van der Waals surface area contributed by atoms with Crippen molar-refractivity contribution in [3.63, 3.8) is 0 Å². The quantitative estimate of drug-likeness (QED) is 0.356. The van der Waals surface area contributed by atoms with Gasteiger partial charge in [-0.05, 0) is 71.9 Å². The lowest BCUT2D eigenvalue weighted by Crippen LogP contribution is -2.41. The van der Waals surface area contributed by atoms with Gasteiger partial charge in [0.1, 0.15) is 10.5 Å². The van der Waals surface area contributed by atoms with Crippen LogP contribution in [0.25, 0.3) is 16.9 Å². The molecule has 0 aliphatic heterocycles. The fourth-order valence-corrected chi connectivity index (χ4v) is 5.10. The third-order valence-corrected chi connectivity index (χ3v) is 6.85. The molecule has 1 aromatic heterocycles. The van der Waals surface area contributed by atoms with E-state index in [1.165, 1.54) is 4.68 Å². The number of aromatic nitrogens is 2. The lowest BCUT2D eigenvalue weighted by molar-refractivity contribution is 0.0534.